The highest BCUT2D eigenvalue weighted by Gasteiger charge is 2.06. The molecule has 0 saturated carbocycles. The molecule has 4 heteroatoms. The van der Waals surface area contributed by atoms with Gasteiger partial charge in [0, 0.05) is 15.5 Å². The maximum Gasteiger partial charge on any atom is 0.119 e. The van der Waals surface area contributed by atoms with Crippen LogP contribution in [0.1, 0.15) is 25.0 Å². The zero-order valence-electron chi connectivity index (χ0n) is 12.4. The molecule has 21 heavy (non-hydrogen) atoms. The molecule has 2 aromatic rings. The fourth-order valence-electron chi connectivity index (χ4n) is 2.02. The van der Waals surface area contributed by atoms with Gasteiger partial charge in [0.05, 0.1) is 11.8 Å². The summed E-state index contributed by atoms with van der Waals surface area (Å²) in [6.45, 7) is 6.90. The third kappa shape index (κ3) is 4.75. The Morgan fingerprint density at radius 2 is 1.62 bits per heavy atom. The average molecular weight is 413 g/mol. The normalized spacial score (nSPS) is 10.8. The number of ether oxygens (including phenoxy) is 1. The van der Waals surface area contributed by atoms with Crippen molar-refractivity contribution in [2.45, 2.75) is 33.4 Å². The third-order valence-corrected chi connectivity index (χ3v) is 4.20. The molecule has 112 valence electrons. The molecule has 0 amide bonds. The summed E-state index contributed by atoms with van der Waals surface area (Å²) in [6, 6.07) is 12.4. The maximum absolute atomic E-state index is 5.65. The van der Waals surface area contributed by atoms with Crippen LogP contribution >= 0.6 is 31.9 Å². The van der Waals surface area contributed by atoms with Gasteiger partial charge in [0.1, 0.15) is 5.75 Å². The van der Waals surface area contributed by atoms with Gasteiger partial charge in [0.15, 0.2) is 0 Å². The van der Waals surface area contributed by atoms with Crippen LogP contribution in [-0.2, 0) is 6.54 Å². The van der Waals surface area contributed by atoms with E-state index >= 15 is 0 Å². The van der Waals surface area contributed by atoms with E-state index in [1.54, 1.807) is 0 Å². The molecule has 0 aliphatic carbocycles. The summed E-state index contributed by atoms with van der Waals surface area (Å²) in [6.07, 6.45) is 0.202. The highest BCUT2D eigenvalue weighted by Crippen LogP contribution is 2.32. The molecule has 0 atom stereocenters. The van der Waals surface area contributed by atoms with E-state index in [9.17, 15) is 0 Å². The van der Waals surface area contributed by atoms with E-state index in [0.29, 0.717) is 0 Å². The molecule has 0 aliphatic heterocycles. The van der Waals surface area contributed by atoms with Crippen LogP contribution < -0.4 is 10.1 Å². The molecular formula is C17H19Br2NO. The van der Waals surface area contributed by atoms with Crippen LogP contribution in [0.5, 0.6) is 5.75 Å². The Hall–Kier alpha value is -1.000. The molecule has 1 N–H and O–H groups in total. The molecule has 0 fully saturated rings. The van der Waals surface area contributed by atoms with Gasteiger partial charge in [-0.25, -0.2) is 0 Å². The predicted molar refractivity (Wildman–Crippen MR) is 96.1 cm³/mol. The number of aryl methyl sites for hydroxylation is 1. The monoisotopic (exact) mass is 411 g/mol. The van der Waals surface area contributed by atoms with Gasteiger partial charge in [-0.05, 0) is 88.0 Å². The van der Waals surface area contributed by atoms with Crippen molar-refractivity contribution in [3.8, 4) is 5.75 Å². The van der Waals surface area contributed by atoms with Crippen molar-refractivity contribution in [2.75, 3.05) is 5.32 Å². The zero-order valence-corrected chi connectivity index (χ0v) is 15.6. The Labute approximate surface area is 143 Å². The second kappa shape index (κ2) is 7.32. The number of anilines is 1. The molecule has 0 aromatic heterocycles. The Morgan fingerprint density at radius 1 is 1.05 bits per heavy atom. The van der Waals surface area contributed by atoms with Crippen molar-refractivity contribution < 1.29 is 4.74 Å². The number of hydrogen-bond acceptors (Lipinski definition) is 2. The zero-order chi connectivity index (χ0) is 15.4. The summed E-state index contributed by atoms with van der Waals surface area (Å²) < 4.78 is 7.78. The molecule has 0 radical (unpaired) electrons. The van der Waals surface area contributed by atoms with Gasteiger partial charge < -0.3 is 10.1 Å². The minimum Gasteiger partial charge on any atom is -0.491 e. The van der Waals surface area contributed by atoms with Crippen LogP contribution in [0.4, 0.5) is 5.69 Å². The van der Waals surface area contributed by atoms with Crippen LogP contribution in [-0.4, -0.2) is 6.10 Å². The molecule has 0 unspecified atom stereocenters. The van der Waals surface area contributed by atoms with Gasteiger partial charge in [-0.3, -0.25) is 0 Å². The fraction of sp³-hybridized carbons (Fsp3) is 0.294. The SMILES string of the molecule is Cc1cc(Br)c(NCc2ccc(OC(C)C)cc2)c(Br)c1. The lowest BCUT2D eigenvalue weighted by atomic mass is 10.2. The Bertz CT molecular complexity index is 586. The van der Waals surface area contributed by atoms with Crippen molar-refractivity contribution in [3.05, 3.63) is 56.5 Å². The van der Waals surface area contributed by atoms with E-state index in [4.69, 9.17) is 4.74 Å². The van der Waals surface area contributed by atoms with Crippen LogP contribution in [0.2, 0.25) is 0 Å². The van der Waals surface area contributed by atoms with E-state index < -0.39 is 0 Å². The van der Waals surface area contributed by atoms with Crippen molar-refractivity contribution >= 4 is 37.5 Å². The van der Waals surface area contributed by atoms with Gasteiger partial charge in [-0.2, -0.15) is 0 Å². The Kier molecular flexibility index (Phi) is 5.71. The largest absolute Gasteiger partial charge is 0.491 e. The highest BCUT2D eigenvalue weighted by atomic mass is 79.9. The summed E-state index contributed by atoms with van der Waals surface area (Å²) >= 11 is 7.20. The summed E-state index contributed by atoms with van der Waals surface area (Å²) in [5, 5.41) is 3.45. The highest BCUT2D eigenvalue weighted by molar-refractivity contribution is 9.11. The van der Waals surface area contributed by atoms with Crippen molar-refractivity contribution in [2.24, 2.45) is 0 Å². The summed E-state index contributed by atoms with van der Waals surface area (Å²) in [5.74, 6) is 0.909. The van der Waals surface area contributed by atoms with Crippen molar-refractivity contribution in [3.63, 3.8) is 0 Å². The number of benzene rings is 2. The lowest BCUT2D eigenvalue weighted by molar-refractivity contribution is 0.242. The van der Waals surface area contributed by atoms with Gasteiger partial charge in [0.2, 0.25) is 0 Å². The van der Waals surface area contributed by atoms with Crippen LogP contribution in [0, 0.1) is 6.92 Å². The van der Waals surface area contributed by atoms with E-state index in [-0.39, 0.29) is 6.10 Å². The fourth-order valence-corrected chi connectivity index (χ4v) is 3.71. The van der Waals surface area contributed by atoms with Gasteiger partial charge in [-0.15, -0.1) is 0 Å². The first-order valence-electron chi connectivity index (χ1n) is 6.91. The van der Waals surface area contributed by atoms with E-state index in [1.165, 1.54) is 11.1 Å². The number of halogens is 2. The van der Waals surface area contributed by atoms with Gasteiger partial charge in [-0.1, -0.05) is 12.1 Å². The molecule has 0 spiro atoms. The first kappa shape index (κ1) is 16.4. The van der Waals surface area contributed by atoms with Crippen LogP contribution in [0.15, 0.2) is 45.3 Å². The number of nitrogens with one attached hydrogen (secondary N) is 1. The lowest BCUT2D eigenvalue weighted by Crippen LogP contribution is -2.06. The summed E-state index contributed by atoms with van der Waals surface area (Å²) in [5.41, 5.74) is 3.50. The van der Waals surface area contributed by atoms with E-state index in [2.05, 4.69) is 68.4 Å². The summed E-state index contributed by atoms with van der Waals surface area (Å²) in [7, 11) is 0. The standard InChI is InChI=1S/C17H19Br2NO/c1-11(2)21-14-6-4-13(5-7-14)10-20-17-15(18)8-12(3)9-16(17)19/h4-9,11,20H,10H2,1-3H3. The molecule has 0 saturated heterocycles. The van der Waals surface area contributed by atoms with Crippen LogP contribution in [0.25, 0.3) is 0 Å². The molecular weight excluding hydrogens is 394 g/mol. The molecule has 0 aliphatic rings. The molecule has 2 nitrogen and oxygen atoms in total. The third-order valence-electron chi connectivity index (χ3n) is 2.95. The topological polar surface area (TPSA) is 21.3 Å². The van der Waals surface area contributed by atoms with E-state index in [0.717, 1.165) is 26.9 Å². The van der Waals surface area contributed by atoms with Crippen molar-refractivity contribution in [1.82, 2.24) is 0 Å². The second-order valence-electron chi connectivity index (χ2n) is 5.27. The Morgan fingerprint density at radius 3 is 2.14 bits per heavy atom. The van der Waals surface area contributed by atoms with Gasteiger partial charge >= 0.3 is 0 Å². The summed E-state index contributed by atoms with van der Waals surface area (Å²) in [4.78, 5) is 0. The quantitative estimate of drug-likeness (QED) is 0.657. The first-order chi connectivity index (χ1) is 9.95. The molecule has 2 aromatic carbocycles. The van der Waals surface area contributed by atoms with E-state index in [1.807, 2.05) is 26.0 Å². The number of rotatable bonds is 5. The number of hydrogen-bond donors (Lipinski definition) is 1. The average Bonchev–Trinajstić information content (AvgIpc) is 2.38. The van der Waals surface area contributed by atoms with Crippen molar-refractivity contribution in [1.29, 1.82) is 0 Å². The van der Waals surface area contributed by atoms with Crippen LogP contribution in [0.3, 0.4) is 0 Å². The predicted octanol–water partition coefficient (Wildman–Crippen LogP) is 5.92. The molecule has 0 heterocycles. The Balaban J connectivity index is 2.03. The molecule has 2 rings (SSSR count). The lowest BCUT2D eigenvalue weighted by Gasteiger charge is -2.13. The maximum atomic E-state index is 5.65. The second-order valence-corrected chi connectivity index (χ2v) is 6.98. The van der Waals surface area contributed by atoms with Gasteiger partial charge in [0.25, 0.3) is 0 Å². The minimum atomic E-state index is 0.202. The minimum absolute atomic E-state index is 0.202. The first-order valence-corrected chi connectivity index (χ1v) is 8.49. The molecule has 0 bridgehead atoms. The smallest absolute Gasteiger partial charge is 0.119 e.